The lowest BCUT2D eigenvalue weighted by Crippen LogP contribution is -2.27. The number of amides is 1. The number of carbonyl (C=O) groups excluding carboxylic acids is 1. The number of fused-ring (bicyclic) bond motifs is 1. The summed E-state index contributed by atoms with van der Waals surface area (Å²) in [5.41, 5.74) is 8.09. The van der Waals surface area contributed by atoms with Crippen molar-refractivity contribution in [1.82, 2.24) is 0 Å². The van der Waals surface area contributed by atoms with Gasteiger partial charge in [0.05, 0.1) is 23.7 Å². The summed E-state index contributed by atoms with van der Waals surface area (Å²) in [4.78, 5) is 13.2. The number of nitrogen functional groups attached to an aromatic ring is 1. The molecule has 0 radical (unpaired) electrons. The van der Waals surface area contributed by atoms with Gasteiger partial charge in [-0.25, -0.2) is 0 Å². The maximum atomic E-state index is 11.3. The second-order valence-electron chi connectivity index (χ2n) is 4.16. The van der Waals surface area contributed by atoms with Crippen LogP contribution in [0.2, 0.25) is 0 Å². The van der Waals surface area contributed by atoms with Gasteiger partial charge >= 0.3 is 0 Å². The lowest BCUT2D eigenvalue weighted by atomic mass is 10.2. The Balaban J connectivity index is 2.26. The number of nitrogens with two attached hydrogens (primary N) is 1. The minimum atomic E-state index is -0.155. The molecule has 1 aromatic carbocycles. The second-order valence-corrected chi connectivity index (χ2v) is 4.16. The average Bonchev–Trinajstić information content (AvgIpc) is 2.35. The van der Waals surface area contributed by atoms with Crippen LogP contribution in [0.25, 0.3) is 0 Å². The van der Waals surface area contributed by atoms with Gasteiger partial charge in [-0.15, -0.1) is 0 Å². The van der Waals surface area contributed by atoms with Gasteiger partial charge in [0.25, 0.3) is 5.91 Å². The molecule has 0 aliphatic carbocycles. The van der Waals surface area contributed by atoms with Gasteiger partial charge in [-0.2, -0.15) is 0 Å². The van der Waals surface area contributed by atoms with E-state index < -0.39 is 0 Å². The molecule has 0 saturated heterocycles. The van der Waals surface area contributed by atoms with Crippen LogP contribution in [0, 0.1) is 0 Å². The molecule has 3 N–H and O–H groups in total. The fourth-order valence-corrected chi connectivity index (χ4v) is 1.81. The fourth-order valence-electron chi connectivity index (χ4n) is 1.81. The Morgan fingerprint density at radius 1 is 1.56 bits per heavy atom. The molecule has 0 bridgehead atoms. The predicted octanol–water partition coefficient (Wildman–Crippen LogP) is 0.682. The maximum absolute atomic E-state index is 11.3. The molecular formula is C12H17N3O3. The number of nitrogens with zero attached hydrogens (tertiary/aromatic N) is 1. The molecule has 2 rings (SSSR count). The van der Waals surface area contributed by atoms with Crippen molar-refractivity contribution in [3.8, 4) is 5.75 Å². The molecule has 18 heavy (non-hydrogen) atoms. The Labute approximate surface area is 106 Å². The average molecular weight is 251 g/mol. The summed E-state index contributed by atoms with van der Waals surface area (Å²) in [7, 11) is 3.57. The third-order valence-electron chi connectivity index (χ3n) is 2.80. The van der Waals surface area contributed by atoms with Crippen LogP contribution in [-0.4, -0.2) is 39.8 Å². The van der Waals surface area contributed by atoms with Crippen LogP contribution in [0.4, 0.5) is 17.1 Å². The van der Waals surface area contributed by atoms with Gasteiger partial charge in [-0.05, 0) is 6.07 Å². The van der Waals surface area contributed by atoms with Gasteiger partial charge in [0.15, 0.2) is 6.61 Å². The van der Waals surface area contributed by atoms with Crippen LogP contribution < -0.4 is 20.7 Å². The van der Waals surface area contributed by atoms with Crippen molar-refractivity contribution in [2.75, 3.05) is 49.9 Å². The normalized spacial score (nSPS) is 13.6. The van der Waals surface area contributed by atoms with Gasteiger partial charge in [-0.1, -0.05) is 0 Å². The Kier molecular flexibility index (Phi) is 3.57. The Morgan fingerprint density at radius 3 is 3.06 bits per heavy atom. The summed E-state index contributed by atoms with van der Waals surface area (Å²) in [6.45, 7) is 1.36. The maximum Gasteiger partial charge on any atom is 0.262 e. The van der Waals surface area contributed by atoms with Crippen molar-refractivity contribution in [2.45, 2.75) is 0 Å². The largest absolute Gasteiger partial charge is 0.482 e. The standard InChI is InChI=1S/C12H17N3O3/c1-15(3-4-17-2)10-6-9-11(5-8(10)13)18-7-12(16)14-9/h5-6H,3-4,7,13H2,1-2H3,(H,14,16). The van der Waals surface area contributed by atoms with Crippen LogP contribution in [0.15, 0.2) is 12.1 Å². The zero-order valence-electron chi connectivity index (χ0n) is 10.5. The molecule has 0 unspecified atom stereocenters. The van der Waals surface area contributed by atoms with Crippen LogP contribution in [0.5, 0.6) is 5.75 Å². The van der Waals surface area contributed by atoms with Crippen LogP contribution in [0.1, 0.15) is 0 Å². The highest BCUT2D eigenvalue weighted by Crippen LogP contribution is 2.36. The van der Waals surface area contributed by atoms with Gasteiger partial charge in [0, 0.05) is 26.8 Å². The summed E-state index contributed by atoms with van der Waals surface area (Å²) in [5, 5.41) is 2.76. The molecule has 98 valence electrons. The number of nitrogens with one attached hydrogen (secondary N) is 1. The van der Waals surface area contributed by atoms with Crippen LogP contribution in [-0.2, 0) is 9.53 Å². The highest BCUT2D eigenvalue weighted by molar-refractivity contribution is 5.97. The predicted molar refractivity (Wildman–Crippen MR) is 70.1 cm³/mol. The molecule has 1 aromatic rings. The van der Waals surface area contributed by atoms with E-state index in [1.807, 2.05) is 18.0 Å². The SMILES string of the molecule is COCCN(C)c1cc2c(cc1N)OCC(=O)N2. The number of benzene rings is 1. The molecule has 0 fully saturated rings. The minimum absolute atomic E-state index is 0.0330. The number of hydrogen-bond donors (Lipinski definition) is 2. The lowest BCUT2D eigenvalue weighted by Gasteiger charge is -2.24. The van der Waals surface area contributed by atoms with E-state index in [-0.39, 0.29) is 12.5 Å². The smallest absolute Gasteiger partial charge is 0.262 e. The summed E-state index contributed by atoms with van der Waals surface area (Å²) >= 11 is 0. The number of rotatable bonds is 4. The topological polar surface area (TPSA) is 76.8 Å². The number of hydrogen-bond acceptors (Lipinski definition) is 5. The summed E-state index contributed by atoms with van der Waals surface area (Å²) < 4.78 is 10.3. The molecule has 0 aromatic heterocycles. The first kappa shape index (κ1) is 12.5. The summed E-state index contributed by atoms with van der Waals surface area (Å²) in [6.07, 6.45) is 0. The third kappa shape index (κ3) is 2.48. The van der Waals surface area contributed by atoms with Crippen molar-refractivity contribution < 1.29 is 14.3 Å². The van der Waals surface area contributed by atoms with E-state index in [0.29, 0.717) is 30.3 Å². The third-order valence-corrected chi connectivity index (χ3v) is 2.80. The summed E-state index contributed by atoms with van der Waals surface area (Å²) in [6, 6.07) is 3.55. The van der Waals surface area contributed by atoms with E-state index in [0.717, 1.165) is 5.69 Å². The monoisotopic (exact) mass is 251 g/mol. The highest BCUT2D eigenvalue weighted by atomic mass is 16.5. The Hall–Kier alpha value is -1.95. The molecule has 0 saturated carbocycles. The van der Waals surface area contributed by atoms with Crippen LogP contribution >= 0.6 is 0 Å². The molecule has 6 nitrogen and oxygen atoms in total. The zero-order valence-corrected chi connectivity index (χ0v) is 10.5. The van der Waals surface area contributed by atoms with Crippen molar-refractivity contribution in [2.24, 2.45) is 0 Å². The van der Waals surface area contributed by atoms with E-state index in [1.165, 1.54) is 0 Å². The van der Waals surface area contributed by atoms with E-state index in [2.05, 4.69) is 5.32 Å². The van der Waals surface area contributed by atoms with E-state index >= 15 is 0 Å². The van der Waals surface area contributed by atoms with Crippen molar-refractivity contribution in [1.29, 1.82) is 0 Å². The molecule has 6 heteroatoms. The quantitative estimate of drug-likeness (QED) is 0.770. The van der Waals surface area contributed by atoms with Gasteiger partial charge in [0.1, 0.15) is 5.75 Å². The molecule has 0 atom stereocenters. The van der Waals surface area contributed by atoms with Crippen molar-refractivity contribution >= 4 is 23.0 Å². The number of carbonyl (C=O) groups is 1. The van der Waals surface area contributed by atoms with E-state index in [9.17, 15) is 4.79 Å². The first-order chi connectivity index (χ1) is 8.61. The lowest BCUT2D eigenvalue weighted by molar-refractivity contribution is -0.118. The number of ether oxygens (including phenoxy) is 2. The molecule has 1 heterocycles. The summed E-state index contributed by atoms with van der Waals surface area (Å²) in [5.74, 6) is 0.453. The number of anilines is 3. The van der Waals surface area contributed by atoms with E-state index in [4.69, 9.17) is 15.2 Å². The zero-order chi connectivity index (χ0) is 13.1. The van der Waals surface area contributed by atoms with Gasteiger partial charge in [-0.3, -0.25) is 4.79 Å². The van der Waals surface area contributed by atoms with Crippen molar-refractivity contribution in [3.05, 3.63) is 12.1 Å². The Bertz CT molecular complexity index is 462. The molecule has 1 aliphatic heterocycles. The van der Waals surface area contributed by atoms with Crippen LogP contribution in [0.3, 0.4) is 0 Å². The molecule has 1 amide bonds. The first-order valence-corrected chi connectivity index (χ1v) is 5.68. The molecule has 1 aliphatic rings. The first-order valence-electron chi connectivity index (χ1n) is 5.68. The number of likely N-dealkylation sites (N-methyl/N-ethyl adjacent to an activating group) is 1. The van der Waals surface area contributed by atoms with Gasteiger partial charge < -0.3 is 25.4 Å². The molecular weight excluding hydrogens is 234 g/mol. The minimum Gasteiger partial charge on any atom is -0.482 e. The second kappa shape index (κ2) is 5.14. The van der Waals surface area contributed by atoms with Gasteiger partial charge in [0.2, 0.25) is 0 Å². The van der Waals surface area contributed by atoms with Crippen molar-refractivity contribution in [3.63, 3.8) is 0 Å². The van der Waals surface area contributed by atoms with E-state index in [1.54, 1.807) is 13.2 Å². The fraction of sp³-hybridized carbons (Fsp3) is 0.417. The highest BCUT2D eigenvalue weighted by Gasteiger charge is 2.19. The Morgan fingerprint density at radius 2 is 2.33 bits per heavy atom. The number of methoxy groups -OCH3 is 1. The molecule has 0 spiro atoms.